The number of benzene rings is 2. The maximum Gasteiger partial charge on any atom is 0.314 e. The van der Waals surface area contributed by atoms with Crippen LogP contribution in [0.3, 0.4) is 0 Å². The Morgan fingerprint density at radius 3 is 2.48 bits per heavy atom. The molecule has 5 heteroatoms. The van der Waals surface area contributed by atoms with E-state index >= 15 is 0 Å². The van der Waals surface area contributed by atoms with Gasteiger partial charge in [-0.1, -0.05) is 18.2 Å². The van der Waals surface area contributed by atoms with Crippen LogP contribution in [0.2, 0.25) is 0 Å². The molecule has 21 heavy (non-hydrogen) atoms. The van der Waals surface area contributed by atoms with Gasteiger partial charge in [0.2, 0.25) is 0 Å². The summed E-state index contributed by atoms with van der Waals surface area (Å²) in [6, 6.07) is 12.3. The minimum Gasteiger partial charge on any atom is -0.496 e. The summed E-state index contributed by atoms with van der Waals surface area (Å²) < 4.78 is 23.4. The van der Waals surface area contributed by atoms with Gasteiger partial charge in [-0.05, 0) is 30.3 Å². The summed E-state index contributed by atoms with van der Waals surface area (Å²) in [5.41, 5.74) is 0.537. The van der Waals surface area contributed by atoms with Crippen LogP contribution in [0.15, 0.2) is 48.5 Å². The van der Waals surface area contributed by atoms with Gasteiger partial charge in [0.15, 0.2) is 0 Å². The van der Waals surface area contributed by atoms with Crippen molar-refractivity contribution >= 4 is 5.97 Å². The lowest BCUT2D eigenvalue weighted by atomic mass is 9.99. The third-order valence-corrected chi connectivity index (χ3v) is 3.04. The van der Waals surface area contributed by atoms with Crippen molar-refractivity contribution in [3.05, 3.63) is 59.9 Å². The Hall–Kier alpha value is -2.56. The van der Waals surface area contributed by atoms with E-state index in [1.54, 1.807) is 24.3 Å². The average Bonchev–Trinajstić information content (AvgIpc) is 2.49. The minimum atomic E-state index is -1.01. The number of carboxylic acids is 1. The number of rotatable bonds is 6. The zero-order valence-corrected chi connectivity index (χ0v) is 11.5. The highest BCUT2D eigenvalue weighted by Crippen LogP contribution is 2.27. The molecule has 110 valence electrons. The first-order valence-electron chi connectivity index (χ1n) is 6.36. The van der Waals surface area contributed by atoms with Crippen LogP contribution in [-0.4, -0.2) is 24.8 Å². The second-order valence-corrected chi connectivity index (χ2v) is 4.40. The van der Waals surface area contributed by atoms with Gasteiger partial charge in [0.05, 0.1) is 7.11 Å². The van der Waals surface area contributed by atoms with Gasteiger partial charge in [0.25, 0.3) is 0 Å². The van der Waals surface area contributed by atoms with Crippen LogP contribution in [0.4, 0.5) is 4.39 Å². The number of hydrogen-bond acceptors (Lipinski definition) is 3. The van der Waals surface area contributed by atoms with Crippen LogP contribution in [0.5, 0.6) is 11.5 Å². The number of carboxylic acid groups (broad SMARTS) is 1. The predicted molar refractivity (Wildman–Crippen MR) is 75.3 cm³/mol. The van der Waals surface area contributed by atoms with Crippen LogP contribution in [0.1, 0.15) is 11.5 Å². The molecule has 0 saturated carbocycles. The van der Waals surface area contributed by atoms with E-state index in [0.717, 1.165) is 0 Å². The van der Waals surface area contributed by atoms with Gasteiger partial charge in [0, 0.05) is 5.56 Å². The smallest absolute Gasteiger partial charge is 0.314 e. The quantitative estimate of drug-likeness (QED) is 0.888. The molecule has 2 aromatic rings. The topological polar surface area (TPSA) is 55.8 Å². The fourth-order valence-corrected chi connectivity index (χ4v) is 1.96. The molecule has 0 amide bonds. The first-order chi connectivity index (χ1) is 10.1. The summed E-state index contributed by atoms with van der Waals surface area (Å²) >= 11 is 0. The van der Waals surface area contributed by atoms with E-state index in [1.807, 2.05) is 0 Å². The number of carbonyl (C=O) groups is 1. The summed E-state index contributed by atoms with van der Waals surface area (Å²) in [5.74, 6) is -1.35. The highest BCUT2D eigenvalue weighted by atomic mass is 19.1. The van der Waals surface area contributed by atoms with Crippen molar-refractivity contribution in [3.8, 4) is 11.5 Å². The Kier molecular flexibility index (Phi) is 4.77. The molecule has 0 aliphatic heterocycles. The largest absolute Gasteiger partial charge is 0.496 e. The number of aliphatic carboxylic acids is 1. The van der Waals surface area contributed by atoms with Crippen molar-refractivity contribution in [3.63, 3.8) is 0 Å². The zero-order chi connectivity index (χ0) is 15.2. The lowest BCUT2D eigenvalue weighted by Crippen LogP contribution is -2.20. The van der Waals surface area contributed by atoms with Crippen molar-refractivity contribution in [1.82, 2.24) is 0 Å². The molecule has 0 fully saturated rings. The monoisotopic (exact) mass is 290 g/mol. The molecule has 1 N–H and O–H groups in total. The van der Waals surface area contributed by atoms with E-state index in [4.69, 9.17) is 9.47 Å². The summed E-state index contributed by atoms with van der Waals surface area (Å²) in [6.07, 6.45) is 0. The van der Waals surface area contributed by atoms with Gasteiger partial charge in [-0.15, -0.1) is 0 Å². The molecule has 2 rings (SSSR count). The van der Waals surface area contributed by atoms with E-state index in [9.17, 15) is 14.3 Å². The lowest BCUT2D eigenvalue weighted by Gasteiger charge is -2.16. The van der Waals surface area contributed by atoms with E-state index in [2.05, 4.69) is 0 Å². The van der Waals surface area contributed by atoms with Crippen LogP contribution >= 0.6 is 0 Å². The first kappa shape index (κ1) is 14.8. The molecule has 0 bridgehead atoms. The molecule has 0 radical (unpaired) electrons. The fourth-order valence-electron chi connectivity index (χ4n) is 1.96. The molecule has 1 atom stereocenters. The Bertz CT molecular complexity index is 610. The SMILES string of the molecule is COc1ccccc1C(COc1ccc(F)cc1)C(=O)O. The van der Waals surface area contributed by atoms with Gasteiger partial charge in [-0.3, -0.25) is 4.79 Å². The van der Waals surface area contributed by atoms with Crippen molar-refractivity contribution in [2.45, 2.75) is 5.92 Å². The van der Waals surface area contributed by atoms with Gasteiger partial charge in [-0.25, -0.2) is 4.39 Å². The second-order valence-electron chi connectivity index (χ2n) is 4.40. The Labute approximate surface area is 121 Å². The molecule has 0 aliphatic carbocycles. The van der Waals surface area contributed by atoms with Crippen LogP contribution in [0.25, 0.3) is 0 Å². The lowest BCUT2D eigenvalue weighted by molar-refractivity contribution is -0.139. The van der Waals surface area contributed by atoms with Gasteiger partial charge in [0.1, 0.15) is 29.8 Å². The van der Waals surface area contributed by atoms with E-state index in [1.165, 1.54) is 31.4 Å². The number of ether oxygens (including phenoxy) is 2. The highest BCUT2D eigenvalue weighted by Gasteiger charge is 2.24. The van der Waals surface area contributed by atoms with E-state index in [-0.39, 0.29) is 12.4 Å². The maximum absolute atomic E-state index is 12.8. The molecular formula is C16H15FO4. The third kappa shape index (κ3) is 3.72. The van der Waals surface area contributed by atoms with E-state index < -0.39 is 11.9 Å². The van der Waals surface area contributed by atoms with Crippen molar-refractivity contribution < 1.29 is 23.8 Å². The van der Waals surface area contributed by atoms with Gasteiger partial charge >= 0.3 is 5.97 Å². The molecule has 0 spiro atoms. The standard InChI is InChI=1S/C16H15FO4/c1-20-15-5-3-2-4-13(15)14(16(18)19)10-21-12-8-6-11(17)7-9-12/h2-9,14H,10H2,1H3,(H,18,19). The van der Waals surface area contributed by atoms with Crippen LogP contribution in [-0.2, 0) is 4.79 Å². The summed E-state index contributed by atoms with van der Waals surface area (Å²) in [5, 5.41) is 9.37. The molecule has 2 aromatic carbocycles. The molecular weight excluding hydrogens is 275 g/mol. The van der Waals surface area contributed by atoms with Crippen molar-refractivity contribution in [2.24, 2.45) is 0 Å². The maximum atomic E-state index is 12.8. The Morgan fingerprint density at radius 2 is 1.86 bits per heavy atom. The third-order valence-electron chi connectivity index (χ3n) is 3.04. The number of halogens is 1. The van der Waals surface area contributed by atoms with Gasteiger partial charge in [-0.2, -0.15) is 0 Å². The average molecular weight is 290 g/mol. The molecule has 0 aliphatic rings. The molecule has 1 unspecified atom stereocenters. The molecule has 0 saturated heterocycles. The predicted octanol–water partition coefficient (Wildman–Crippen LogP) is 3.08. The van der Waals surface area contributed by atoms with Gasteiger partial charge < -0.3 is 14.6 Å². The van der Waals surface area contributed by atoms with E-state index in [0.29, 0.717) is 17.1 Å². The van der Waals surface area contributed by atoms with Crippen LogP contribution in [0, 0.1) is 5.82 Å². The molecule has 0 heterocycles. The number of hydrogen-bond donors (Lipinski definition) is 1. The summed E-state index contributed by atoms with van der Waals surface area (Å²) in [4.78, 5) is 11.4. The normalized spacial score (nSPS) is 11.7. The first-order valence-corrected chi connectivity index (χ1v) is 6.36. The van der Waals surface area contributed by atoms with Crippen LogP contribution < -0.4 is 9.47 Å². The van der Waals surface area contributed by atoms with Crippen molar-refractivity contribution in [1.29, 1.82) is 0 Å². The Morgan fingerprint density at radius 1 is 1.19 bits per heavy atom. The zero-order valence-electron chi connectivity index (χ0n) is 11.5. The number of para-hydroxylation sites is 1. The molecule has 0 aromatic heterocycles. The Balaban J connectivity index is 2.16. The highest BCUT2D eigenvalue weighted by molar-refractivity contribution is 5.77. The minimum absolute atomic E-state index is 0.0681. The second kappa shape index (κ2) is 6.74. The molecule has 4 nitrogen and oxygen atoms in total. The fraction of sp³-hybridized carbons (Fsp3) is 0.188. The summed E-state index contributed by atoms with van der Waals surface area (Å²) in [7, 11) is 1.48. The number of methoxy groups -OCH3 is 1. The van der Waals surface area contributed by atoms with Crippen molar-refractivity contribution in [2.75, 3.05) is 13.7 Å². The summed E-state index contributed by atoms with van der Waals surface area (Å²) in [6.45, 7) is -0.0681.